The Labute approximate surface area is 157 Å². The Bertz CT molecular complexity index is 597. The molecule has 0 aliphatic carbocycles. The van der Waals surface area contributed by atoms with Crippen LogP contribution < -0.4 is 10.6 Å². The third kappa shape index (κ3) is 6.71. The Kier molecular flexibility index (Phi) is 9.18. The second kappa shape index (κ2) is 10.6. The predicted molar refractivity (Wildman–Crippen MR) is 110 cm³/mol. The molecule has 0 amide bonds. The van der Waals surface area contributed by atoms with Crippen molar-refractivity contribution in [2.45, 2.75) is 31.7 Å². The lowest BCUT2D eigenvalue weighted by Gasteiger charge is -2.22. The number of hydrogen-bond donors (Lipinski definition) is 3. The van der Waals surface area contributed by atoms with Gasteiger partial charge in [-0.25, -0.2) is 4.99 Å². The zero-order valence-electron chi connectivity index (χ0n) is 14.6. The number of hydrogen-bond acceptors (Lipinski definition) is 4. The molecule has 24 heavy (non-hydrogen) atoms. The van der Waals surface area contributed by atoms with Crippen molar-refractivity contribution in [1.82, 2.24) is 5.32 Å². The summed E-state index contributed by atoms with van der Waals surface area (Å²) in [5, 5.41) is 16.1. The highest BCUT2D eigenvalue weighted by molar-refractivity contribution is 9.11. The number of nitrogens with zero attached hydrogens (tertiary/aromatic N) is 1. The van der Waals surface area contributed by atoms with Gasteiger partial charge in [0, 0.05) is 10.6 Å². The Hall–Kier alpha value is -1.24. The van der Waals surface area contributed by atoms with Crippen LogP contribution in [0.15, 0.2) is 57.1 Å². The molecule has 0 radical (unpaired) electrons. The van der Waals surface area contributed by atoms with Crippen LogP contribution in [-0.4, -0.2) is 29.8 Å². The van der Waals surface area contributed by atoms with E-state index in [0.29, 0.717) is 5.82 Å². The van der Waals surface area contributed by atoms with Crippen molar-refractivity contribution >= 4 is 39.2 Å². The van der Waals surface area contributed by atoms with Crippen molar-refractivity contribution in [3.63, 3.8) is 0 Å². The third-order valence-electron chi connectivity index (χ3n) is 3.42. The van der Waals surface area contributed by atoms with E-state index in [0.717, 1.165) is 16.0 Å². The van der Waals surface area contributed by atoms with E-state index in [-0.39, 0.29) is 18.6 Å². The van der Waals surface area contributed by atoms with Crippen LogP contribution in [0.25, 0.3) is 0 Å². The Morgan fingerprint density at radius 2 is 2.00 bits per heavy atom. The molecule has 0 fully saturated rings. The van der Waals surface area contributed by atoms with E-state index in [1.165, 1.54) is 4.90 Å². The Balaban J connectivity index is 2.94. The van der Waals surface area contributed by atoms with Crippen LogP contribution in [0.1, 0.15) is 20.8 Å². The molecule has 1 aromatic rings. The average Bonchev–Trinajstić information content (AvgIpc) is 2.58. The van der Waals surface area contributed by atoms with Gasteiger partial charge >= 0.3 is 0 Å². The number of aliphatic hydroxyl groups excluding tert-OH is 1. The van der Waals surface area contributed by atoms with Crippen LogP contribution in [-0.2, 0) is 0 Å². The molecule has 0 aliphatic rings. The molecule has 0 saturated heterocycles. The first kappa shape index (κ1) is 20.8. The van der Waals surface area contributed by atoms with E-state index in [2.05, 4.69) is 70.4 Å². The van der Waals surface area contributed by atoms with Gasteiger partial charge in [0.2, 0.25) is 0 Å². The summed E-state index contributed by atoms with van der Waals surface area (Å²) >= 11 is 5.17. The van der Waals surface area contributed by atoms with E-state index < -0.39 is 0 Å². The molecule has 4 nitrogen and oxygen atoms in total. The van der Waals surface area contributed by atoms with Crippen molar-refractivity contribution < 1.29 is 5.11 Å². The standard InChI is InChI=1S/C18H26BrN3OS/c1-6-16(19)18(22-17(11-23)12(2)3)21-13(4)20-14-7-9-15(24-5)10-8-14/h6-10,12,17,22-23H,1,11H2,2-5H3,(H,20,21)/b18-16-. The normalized spacial score (nSPS) is 14.2. The number of aliphatic imine (C=N–C) groups is 1. The van der Waals surface area contributed by atoms with Crippen LogP contribution in [0, 0.1) is 5.92 Å². The summed E-state index contributed by atoms with van der Waals surface area (Å²) in [6, 6.07) is 8.10. The smallest absolute Gasteiger partial charge is 0.142 e. The molecule has 1 unspecified atom stereocenters. The Morgan fingerprint density at radius 1 is 1.38 bits per heavy atom. The molecule has 3 N–H and O–H groups in total. The molecular formula is C18H26BrN3OS. The molecule has 1 rings (SSSR count). The van der Waals surface area contributed by atoms with Crippen molar-refractivity contribution in [2.75, 3.05) is 18.2 Å². The average molecular weight is 412 g/mol. The zero-order valence-corrected chi connectivity index (χ0v) is 17.0. The highest BCUT2D eigenvalue weighted by Gasteiger charge is 2.14. The number of halogens is 1. The van der Waals surface area contributed by atoms with Crippen molar-refractivity contribution in [2.24, 2.45) is 10.9 Å². The minimum atomic E-state index is -0.0788. The number of rotatable bonds is 8. The third-order valence-corrected chi connectivity index (χ3v) is 4.87. The van der Waals surface area contributed by atoms with E-state index >= 15 is 0 Å². The molecule has 1 aromatic carbocycles. The predicted octanol–water partition coefficient (Wildman–Crippen LogP) is 4.60. The van der Waals surface area contributed by atoms with Gasteiger partial charge in [-0.1, -0.05) is 26.5 Å². The maximum Gasteiger partial charge on any atom is 0.142 e. The summed E-state index contributed by atoms with van der Waals surface area (Å²) in [5.41, 5.74) is 0.977. The van der Waals surface area contributed by atoms with Gasteiger partial charge in [-0.2, -0.15) is 0 Å². The van der Waals surface area contributed by atoms with Gasteiger partial charge in [0.1, 0.15) is 11.7 Å². The summed E-state index contributed by atoms with van der Waals surface area (Å²) in [6.45, 7) is 9.81. The topological polar surface area (TPSA) is 56.7 Å². The fourth-order valence-corrected chi connectivity index (χ4v) is 2.54. The summed E-state index contributed by atoms with van der Waals surface area (Å²) in [6.07, 6.45) is 3.73. The van der Waals surface area contributed by atoms with Gasteiger partial charge in [0.25, 0.3) is 0 Å². The highest BCUT2D eigenvalue weighted by Crippen LogP contribution is 2.18. The van der Waals surface area contributed by atoms with Gasteiger partial charge in [-0.3, -0.25) is 0 Å². The largest absolute Gasteiger partial charge is 0.394 e. The van der Waals surface area contributed by atoms with Gasteiger partial charge in [-0.05, 0) is 59.3 Å². The number of aliphatic hydroxyl groups is 1. The van der Waals surface area contributed by atoms with Crippen molar-refractivity contribution in [3.05, 3.63) is 47.2 Å². The molecular weight excluding hydrogens is 386 g/mol. The fraction of sp³-hybridized carbons (Fsp3) is 0.389. The van der Waals surface area contributed by atoms with Crippen molar-refractivity contribution in [1.29, 1.82) is 0 Å². The van der Waals surface area contributed by atoms with E-state index in [4.69, 9.17) is 0 Å². The Morgan fingerprint density at radius 3 is 2.46 bits per heavy atom. The molecule has 6 heteroatoms. The first-order valence-corrected chi connectivity index (χ1v) is 9.79. The van der Waals surface area contributed by atoms with Crippen LogP contribution in [0.5, 0.6) is 0 Å². The number of nitrogens with one attached hydrogen (secondary N) is 2. The monoisotopic (exact) mass is 411 g/mol. The number of thioether (sulfide) groups is 1. The fourth-order valence-electron chi connectivity index (χ4n) is 1.93. The van der Waals surface area contributed by atoms with E-state index in [1.807, 2.05) is 19.1 Å². The number of allylic oxidation sites excluding steroid dienone is 2. The first-order chi connectivity index (χ1) is 11.4. The van der Waals surface area contributed by atoms with Crippen molar-refractivity contribution in [3.8, 4) is 0 Å². The molecule has 0 heterocycles. The van der Waals surface area contributed by atoms with E-state index in [1.54, 1.807) is 17.8 Å². The van der Waals surface area contributed by atoms with Gasteiger partial charge in [-0.15, -0.1) is 11.8 Å². The van der Waals surface area contributed by atoms with Gasteiger partial charge in [0.05, 0.1) is 17.1 Å². The number of amidine groups is 1. The zero-order chi connectivity index (χ0) is 18.1. The minimum absolute atomic E-state index is 0.0384. The summed E-state index contributed by atoms with van der Waals surface area (Å²) in [7, 11) is 0. The summed E-state index contributed by atoms with van der Waals surface area (Å²) in [4.78, 5) is 5.81. The molecule has 0 saturated carbocycles. The molecule has 132 valence electrons. The SMILES string of the molecule is C=C/C(Br)=C(\N=C(/C)Nc1ccc(SC)cc1)NC(CO)C(C)C. The summed E-state index contributed by atoms with van der Waals surface area (Å²) in [5.74, 6) is 1.66. The summed E-state index contributed by atoms with van der Waals surface area (Å²) < 4.78 is 0.750. The lowest BCUT2D eigenvalue weighted by atomic mass is 10.1. The number of anilines is 1. The highest BCUT2D eigenvalue weighted by atomic mass is 79.9. The number of benzene rings is 1. The van der Waals surface area contributed by atoms with Crippen LogP contribution in [0.2, 0.25) is 0 Å². The molecule has 0 aliphatic heterocycles. The second-order valence-electron chi connectivity index (χ2n) is 5.63. The van der Waals surface area contributed by atoms with Crippen LogP contribution in [0.4, 0.5) is 5.69 Å². The quantitative estimate of drug-likeness (QED) is 0.253. The maximum absolute atomic E-state index is 9.53. The molecule has 0 bridgehead atoms. The minimum Gasteiger partial charge on any atom is -0.394 e. The molecule has 0 aromatic heterocycles. The second-order valence-corrected chi connectivity index (χ2v) is 7.36. The lowest BCUT2D eigenvalue weighted by Crippen LogP contribution is -2.36. The molecule has 0 spiro atoms. The lowest BCUT2D eigenvalue weighted by molar-refractivity contribution is 0.219. The van der Waals surface area contributed by atoms with Gasteiger partial charge < -0.3 is 15.7 Å². The maximum atomic E-state index is 9.53. The van der Waals surface area contributed by atoms with E-state index in [9.17, 15) is 5.11 Å². The van der Waals surface area contributed by atoms with Crippen LogP contribution >= 0.6 is 27.7 Å². The molecule has 1 atom stereocenters. The first-order valence-electron chi connectivity index (χ1n) is 7.77. The van der Waals surface area contributed by atoms with Crippen LogP contribution in [0.3, 0.4) is 0 Å². The van der Waals surface area contributed by atoms with Gasteiger partial charge in [0.15, 0.2) is 0 Å².